The summed E-state index contributed by atoms with van der Waals surface area (Å²) >= 11 is 10.9. The number of carbonyl (C=O) groups excluding carboxylic acids is 1. The number of pyridine rings is 1. The highest BCUT2D eigenvalue weighted by molar-refractivity contribution is 6.55. The predicted octanol–water partition coefficient (Wildman–Crippen LogP) is 4.06. The van der Waals surface area contributed by atoms with Gasteiger partial charge in [0.05, 0.1) is 5.69 Å². The third-order valence-electron chi connectivity index (χ3n) is 2.61. The van der Waals surface area contributed by atoms with Crippen molar-refractivity contribution in [3.63, 3.8) is 0 Å². The molecule has 0 aliphatic rings. The van der Waals surface area contributed by atoms with E-state index in [-0.39, 0.29) is 10.4 Å². The van der Waals surface area contributed by atoms with Gasteiger partial charge in [0, 0.05) is 11.8 Å². The molecule has 3 nitrogen and oxygen atoms in total. The summed E-state index contributed by atoms with van der Waals surface area (Å²) in [6, 6.07) is 13.2. The lowest BCUT2D eigenvalue weighted by atomic mass is 10.1. The van der Waals surface area contributed by atoms with Gasteiger partial charge in [-0.15, -0.1) is 0 Å². The zero-order valence-corrected chi connectivity index (χ0v) is 12.2. The maximum Gasteiger partial charge on any atom is 0.273 e. The van der Waals surface area contributed by atoms with E-state index < -0.39 is 0 Å². The van der Waals surface area contributed by atoms with Crippen molar-refractivity contribution in [2.24, 2.45) is 0 Å². The normalized spacial score (nSPS) is 9.95. The second kappa shape index (κ2) is 6.55. The monoisotopic (exact) mass is 306 g/mol. The fourth-order valence-corrected chi connectivity index (χ4v) is 1.83. The molecule has 1 aromatic carbocycles. The van der Waals surface area contributed by atoms with Crippen molar-refractivity contribution in [3.8, 4) is 11.3 Å². The molecule has 2 rings (SSSR count). The van der Waals surface area contributed by atoms with Crippen LogP contribution in [0, 0.1) is 6.92 Å². The Kier molecular flexibility index (Phi) is 4.77. The van der Waals surface area contributed by atoms with Crippen LogP contribution in [-0.2, 0) is 0 Å². The number of aryl methyl sites for hydroxylation is 1. The minimum atomic E-state index is -0.363. The molecule has 1 N–H and O–H groups in total. The van der Waals surface area contributed by atoms with Crippen LogP contribution in [0.2, 0.25) is 0 Å². The largest absolute Gasteiger partial charge is 0.325 e. The quantitative estimate of drug-likeness (QED) is 0.929. The Hall–Kier alpha value is -1.84. The van der Waals surface area contributed by atoms with Crippen LogP contribution in [0.1, 0.15) is 16.1 Å². The van der Waals surface area contributed by atoms with Crippen molar-refractivity contribution >= 4 is 29.1 Å². The molecule has 0 aliphatic carbocycles. The Labute approximate surface area is 127 Å². The summed E-state index contributed by atoms with van der Waals surface area (Å²) in [7, 11) is 0. The van der Waals surface area contributed by atoms with Gasteiger partial charge in [-0.1, -0.05) is 53.0 Å². The van der Waals surface area contributed by atoms with Crippen molar-refractivity contribution in [1.29, 1.82) is 0 Å². The van der Waals surface area contributed by atoms with Gasteiger partial charge in [0.1, 0.15) is 10.2 Å². The third kappa shape index (κ3) is 3.83. The summed E-state index contributed by atoms with van der Waals surface area (Å²) in [5.74, 6) is -0.363. The van der Waals surface area contributed by atoms with E-state index in [1.165, 1.54) is 6.20 Å². The Bertz CT molecular complexity index is 664. The molecule has 0 spiro atoms. The number of amides is 1. The van der Waals surface area contributed by atoms with E-state index in [1.54, 1.807) is 12.1 Å². The first-order chi connectivity index (χ1) is 9.56. The highest BCUT2D eigenvalue weighted by atomic mass is 35.5. The van der Waals surface area contributed by atoms with Gasteiger partial charge in [-0.3, -0.25) is 4.79 Å². The molecule has 0 unspecified atom stereocenters. The third-order valence-corrected chi connectivity index (χ3v) is 2.83. The number of halogens is 2. The van der Waals surface area contributed by atoms with Crippen LogP contribution in [0.25, 0.3) is 11.3 Å². The van der Waals surface area contributed by atoms with Crippen LogP contribution >= 0.6 is 23.2 Å². The first-order valence-corrected chi connectivity index (χ1v) is 6.68. The number of carbonyl (C=O) groups is 1. The van der Waals surface area contributed by atoms with Crippen LogP contribution in [0.15, 0.2) is 53.2 Å². The Morgan fingerprint density at radius 2 is 1.95 bits per heavy atom. The molecule has 0 fully saturated rings. The summed E-state index contributed by atoms with van der Waals surface area (Å²) in [5, 5.41) is 2.46. The van der Waals surface area contributed by atoms with Crippen LogP contribution < -0.4 is 5.32 Å². The number of hydrogen-bond acceptors (Lipinski definition) is 2. The van der Waals surface area contributed by atoms with Gasteiger partial charge < -0.3 is 5.32 Å². The topological polar surface area (TPSA) is 42.0 Å². The van der Waals surface area contributed by atoms with E-state index in [0.717, 1.165) is 16.8 Å². The maximum absolute atomic E-state index is 11.9. The SMILES string of the molecule is Cc1cccc(-c2cccc(C(=O)NC=C(Cl)Cl)n2)c1. The molecule has 5 heteroatoms. The molecule has 102 valence electrons. The van der Waals surface area contributed by atoms with Gasteiger partial charge in [0.15, 0.2) is 0 Å². The van der Waals surface area contributed by atoms with E-state index in [4.69, 9.17) is 23.2 Å². The first-order valence-electron chi connectivity index (χ1n) is 5.92. The number of nitrogens with one attached hydrogen (secondary N) is 1. The number of aromatic nitrogens is 1. The predicted molar refractivity (Wildman–Crippen MR) is 81.7 cm³/mol. The number of rotatable bonds is 3. The zero-order chi connectivity index (χ0) is 14.5. The van der Waals surface area contributed by atoms with Gasteiger partial charge in [-0.25, -0.2) is 4.98 Å². The Morgan fingerprint density at radius 1 is 1.20 bits per heavy atom. The maximum atomic E-state index is 11.9. The molecule has 0 radical (unpaired) electrons. The van der Waals surface area contributed by atoms with E-state index in [9.17, 15) is 4.79 Å². The van der Waals surface area contributed by atoms with Crippen molar-refractivity contribution in [2.45, 2.75) is 6.92 Å². The summed E-state index contributed by atoms with van der Waals surface area (Å²) in [6.07, 6.45) is 1.21. The lowest BCUT2D eigenvalue weighted by molar-refractivity contribution is 0.0965. The molecule has 1 heterocycles. The minimum Gasteiger partial charge on any atom is -0.325 e. The molecule has 20 heavy (non-hydrogen) atoms. The van der Waals surface area contributed by atoms with Crippen LogP contribution in [0.3, 0.4) is 0 Å². The molecule has 1 aromatic heterocycles. The standard InChI is InChI=1S/C15H12Cl2N2O/c1-10-4-2-5-11(8-10)12-6-3-7-13(19-12)15(20)18-9-14(16)17/h2-9H,1H3,(H,18,20). The first kappa shape index (κ1) is 14.6. The van der Waals surface area contributed by atoms with E-state index in [1.807, 2.05) is 37.3 Å². The van der Waals surface area contributed by atoms with Gasteiger partial charge >= 0.3 is 0 Å². The van der Waals surface area contributed by atoms with Crippen molar-refractivity contribution in [2.75, 3.05) is 0 Å². The molecular formula is C15H12Cl2N2O. The number of nitrogens with zero attached hydrogens (tertiary/aromatic N) is 1. The molecule has 1 amide bonds. The van der Waals surface area contributed by atoms with Crippen LogP contribution in [0.5, 0.6) is 0 Å². The number of hydrogen-bond donors (Lipinski definition) is 1. The Balaban J connectivity index is 2.28. The van der Waals surface area contributed by atoms with Crippen molar-refractivity contribution in [1.82, 2.24) is 10.3 Å². The van der Waals surface area contributed by atoms with Crippen LogP contribution in [-0.4, -0.2) is 10.9 Å². The van der Waals surface area contributed by atoms with E-state index in [2.05, 4.69) is 10.3 Å². The van der Waals surface area contributed by atoms with Gasteiger partial charge in [-0.2, -0.15) is 0 Å². The van der Waals surface area contributed by atoms with E-state index in [0.29, 0.717) is 5.69 Å². The summed E-state index contributed by atoms with van der Waals surface area (Å²) in [6.45, 7) is 2.01. The van der Waals surface area contributed by atoms with Crippen molar-refractivity contribution in [3.05, 3.63) is 64.4 Å². The highest BCUT2D eigenvalue weighted by Crippen LogP contribution is 2.18. The smallest absolute Gasteiger partial charge is 0.273 e. The lowest BCUT2D eigenvalue weighted by Crippen LogP contribution is -2.18. The van der Waals surface area contributed by atoms with E-state index >= 15 is 0 Å². The van der Waals surface area contributed by atoms with Crippen LogP contribution in [0.4, 0.5) is 0 Å². The fraction of sp³-hybridized carbons (Fsp3) is 0.0667. The Morgan fingerprint density at radius 3 is 2.65 bits per heavy atom. The highest BCUT2D eigenvalue weighted by Gasteiger charge is 2.07. The molecule has 0 bridgehead atoms. The molecule has 0 saturated carbocycles. The number of benzene rings is 1. The van der Waals surface area contributed by atoms with Gasteiger partial charge in [0.25, 0.3) is 5.91 Å². The fourth-order valence-electron chi connectivity index (χ4n) is 1.72. The molecule has 2 aromatic rings. The average molecular weight is 307 g/mol. The molecule has 0 aliphatic heterocycles. The van der Waals surface area contributed by atoms with Crippen molar-refractivity contribution < 1.29 is 4.79 Å². The second-order valence-electron chi connectivity index (χ2n) is 4.18. The second-order valence-corrected chi connectivity index (χ2v) is 5.19. The zero-order valence-electron chi connectivity index (χ0n) is 10.7. The molecule has 0 atom stereocenters. The van der Waals surface area contributed by atoms with Gasteiger partial charge in [0.2, 0.25) is 0 Å². The summed E-state index contributed by atoms with van der Waals surface area (Å²) in [5.41, 5.74) is 3.14. The summed E-state index contributed by atoms with van der Waals surface area (Å²) < 4.78 is -0.0202. The molecule has 0 saturated heterocycles. The lowest BCUT2D eigenvalue weighted by Gasteiger charge is -2.05. The van der Waals surface area contributed by atoms with Gasteiger partial charge in [-0.05, 0) is 25.1 Å². The summed E-state index contributed by atoms with van der Waals surface area (Å²) in [4.78, 5) is 16.2. The average Bonchev–Trinajstić information content (AvgIpc) is 2.45. The molecular weight excluding hydrogens is 295 g/mol. The minimum absolute atomic E-state index is 0.0202.